The van der Waals surface area contributed by atoms with Crippen molar-refractivity contribution >= 4 is 57.0 Å². The molecule has 132 valence electrons. The van der Waals surface area contributed by atoms with Gasteiger partial charge in [-0.15, -0.1) is 0 Å². The van der Waals surface area contributed by atoms with Gasteiger partial charge in [-0.1, -0.05) is 53.0 Å². The maximum atomic E-state index is 11.7. The van der Waals surface area contributed by atoms with Crippen LogP contribution < -0.4 is 4.74 Å². The molecular formula is C19H11BrCl3NO2. The van der Waals surface area contributed by atoms with Crippen molar-refractivity contribution in [3.8, 4) is 28.1 Å². The van der Waals surface area contributed by atoms with Gasteiger partial charge < -0.3 is 4.74 Å². The molecule has 0 N–H and O–H groups in total. The number of aldehydes is 1. The quantitative estimate of drug-likeness (QED) is 0.305. The van der Waals surface area contributed by atoms with Crippen molar-refractivity contribution in [2.45, 2.75) is 0 Å². The van der Waals surface area contributed by atoms with Crippen molar-refractivity contribution in [3.05, 3.63) is 67.7 Å². The summed E-state index contributed by atoms with van der Waals surface area (Å²) >= 11 is 23.0. The van der Waals surface area contributed by atoms with E-state index in [4.69, 9.17) is 39.5 Å². The summed E-state index contributed by atoms with van der Waals surface area (Å²) in [6.07, 6.45) is 2.22. The van der Waals surface area contributed by atoms with Crippen LogP contribution in [0.25, 0.3) is 22.3 Å². The fourth-order valence-electron chi connectivity index (χ4n) is 2.66. The number of carbonyl (C=O) groups is 1. The summed E-state index contributed by atoms with van der Waals surface area (Å²) in [7, 11) is 1.45. The molecule has 0 atom stereocenters. The summed E-state index contributed by atoms with van der Waals surface area (Å²) in [4.78, 5) is 15.7. The van der Waals surface area contributed by atoms with Gasteiger partial charge in [-0.3, -0.25) is 4.79 Å². The van der Waals surface area contributed by atoms with Crippen LogP contribution in [-0.2, 0) is 0 Å². The van der Waals surface area contributed by atoms with Gasteiger partial charge in [0.05, 0.1) is 22.7 Å². The molecule has 3 aromatic rings. The van der Waals surface area contributed by atoms with Gasteiger partial charge in [0.1, 0.15) is 0 Å². The van der Waals surface area contributed by atoms with Crippen molar-refractivity contribution < 1.29 is 9.53 Å². The van der Waals surface area contributed by atoms with Gasteiger partial charge in [-0.2, -0.15) is 0 Å². The zero-order valence-corrected chi connectivity index (χ0v) is 17.2. The van der Waals surface area contributed by atoms with Crippen molar-refractivity contribution in [2.24, 2.45) is 0 Å². The van der Waals surface area contributed by atoms with Gasteiger partial charge >= 0.3 is 0 Å². The van der Waals surface area contributed by atoms with Gasteiger partial charge in [-0.25, -0.2) is 4.98 Å². The molecule has 0 saturated heterocycles. The number of methoxy groups -OCH3 is 1. The molecule has 1 heterocycles. The normalized spacial score (nSPS) is 10.7. The number of nitrogens with zero attached hydrogens (tertiary/aromatic N) is 1. The lowest BCUT2D eigenvalue weighted by molar-refractivity contribution is 0.112. The summed E-state index contributed by atoms with van der Waals surface area (Å²) in [6, 6.07) is 10.7. The Bertz CT molecular complexity index is 1010. The van der Waals surface area contributed by atoms with Gasteiger partial charge in [-0.05, 0) is 34.1 Å². The topological polar surface area (TPSA) is 39.2 Å². The lowest BCUT2D eigenvalue weighted by Gasteiger charge is -2.17. The second-order valence-electron chi connectivity index (χ2n) is 5.29. The van der Waals surface area contributed by atoms with Gasteiger partial charge in [0.15, 0.2) is 6.29 Å². The van der Waals surface area contributed by atoms with Gasteiger partial charge in [0.2, 0.25) is 5.88 Å². The van der Waals surface area contributed by atoms with Crippen LogP contribution in [0.1, 0.15) is 10.4 Å². The zero-order valence-electron chi connectivity index (χ0n) is 13.4. The molecule has 0 aliphatic rings. The molecule has 0 unspecified atom stereocenters. The molecular weight excluding hydrogens is 460 g/mol. The first-order valence-electron chi connectivity index (χ1n) is 7.40. The number of pyridine rings is 1. The second-order valence-corrected chi connectivity index (χ2v) is 7.27. The Kier molecular flexibility index (Phi) is 5.88. The molecule has 7 heteroatoms. The summed E-state index contributed by atoms with van der Waals surface area (Å²) < 4.78 is 5.75. The molecule has 2 aromatic carbocycles. The Morgan fingerprint density at radius 1 is 1.04 bits per heavy atom. The standard InChI is InChI=1S/C19H11BrCl3NO2/c1-26-19-13(9-25)11(6-7-24-19)16-17(20)15(22)8-12(18(16)23)10-4-2-3-5-14(10)21/h2-9H,1H3. The third kappa shape index (κ3) is 3.35. The number of carbonyl (C=O) groups excluding carboxylic acids is 1. The summed E-state index contributed by atoms with van der Waals surface area (Å²) in [5, 5.41) is 1.39. The first kappa shape index (κ1) is 19.2. The van der Waals surface area contributed by atoms with E-state index >= 15 is 0 Å². The minimum Gasteiger partial charge on any atom is -0.480 e. The number of hydrogen-bond acceptors (Lipinski definition) is 3. The SMILES string of the molecule is COc1nccc(-c2c(Cl)c(-c3ccccc3Cl)cc(Cl)c2Br)c1C=O. The summed E-state index contributed by atoms with van der Waals surface area (Å²) in [5.74, 6) is 0.208. The Balaban J connectivity index is 2.37. The van der Waals surface area contributed by atoms with Gasteiger partial charge in [0.25, 0.3) is 0 Å². The third-order valence-corrected chi connectivity index (χ3v) is 5.93. The molecule has 0 radical (unpaired) electrons. The van der Waals surface area contributed by atoms with E-state index in [0.29, 0.717) is 42.5 Å². The Labute approximate surface area is 174 Å². The van der Waals surface area contributed by atoms with E-state index < -0.39 is 0 Å². The maximum absolute atomic E-state index is 11.7. The van der Waals surface area contributed by atoms with Crippen LogP contribution in [0.5, 0.6) is 5.88 Å². The lowest BCUT2D eigenvalue weighted by atomic mass is 9.96. The third-order valence-electron chi connectivity index (χ3n) is 3.85. The predicted molar refractivity (Wildman–Crippen MR) is 110 cm³/mol. The van der Waals surface area contributed by atoms with Crippen LogP contribution in [0.4, 0.5) is 0 Å². The number of hydrogen-bond donors (Lipinski definition) is 0. The molecule has 0 spiro atoms. The molecule has 3 rings (SSSR count). The molecule has 0 saturated carbocycles. The van der Waals surface area contributed by atoms with Crippen LogP contribution in [-0.4, -0.2) is 18.4 Å². The highest BCUT2D eigenvalue weighted by Crippen LogP contribution is 2.47. The Hall–Kier alpha value is -1.59. The Morgan fingerprint density at radius 3 is 2.42 bits per heavy atom. The molecule has 1 aromatic heterocycles. The minimum atomic E-state index is 0.208. The summed E-state index contributed by atoms with van der Waals surface area (Å²) in [6.45, 7) is 0. The van der Waals surface area contributed by atoms with E-state index in [1.54, 1.807) is 24.4 Å². The highest BCUT2D eigenvalue weighted by Gasteiger charge is 2.22. The number of ether oxygens (including phenoxy) is 1. The van der Waals surface area contributed by atoms with E-state index in [9.17, 15) is 4.79 Å². The fraction of sp³-hybridized carbons (Fsp3) is 0.0526. The highest BCUT2D eigenvalue weighted by molar-refractivity contribution is 9.10. The highest BCUT2D eigenvalue weighted by atomic mass is 79.9. The van der Waals surface area contributed by atoms with Crippen molar-refractivity contribution in [1.29, 1.82) is 0 Å². The number of halogens is 4. The average molecular weight is 472 g/mol. The van der Waals surface area contributed by atoms with E-state index in [1.807, 2.05) is 18.2 Å². The number of aromatic nitrogens is 1. The van der Waals surface area contributed by atoms with Crippen LogP contribution in [0.15, 0.2) is 47.1 Å². The molecule has 0 fully saturated rings. The van der Waals surface area contributed by atoms with E-state index in [-0.39, 0.29) is 11.4 Å². The molecule has 0 amide bonds. The van der Waals surface area contributed by atoms with E-state index in [0.717, 1.165) is 5.56 Å². The average Bonchev–Trinajstić information content (AvgIpc) is 2.65. The van der Waals surface area contributed by atoms with Crippen LogP contribution in [0.2, 0.25) is 15.1 Å². The number of rotatable bonds is 4. The van der Waals surface area contributed by atoms with Gasteiger partial charge in [0, 0.05) is 37.9 Å². The van der Waals surface area contributed by atoms with E-state index in [2.05, 4.69) is 20.9 Å². The first-order chi connectivity index (χ1) is 12.5. The van der Waals surface area contributed by atoms with Crippen LogP contribution in [0.3, 0.4) is 0 Å². The first-order valence-corrected chi connectivity index (χ1v) is 9.33. The molecule has 0 aliphatic carbocycles. The summed E-state index contributed by atoms with van der Waals surface area (Å²) in [5.41, 5.74) is 2.80. The lowest BCUT2D eigenvalue weighted by Crippen LogP contribution is -1.98. The predicted octanol–water partition coefficient (Wildman–Crippen LogP) is 6.96. The molecule has 0 aliphatic heterocycles. The smallest absolute Gasteiger partial charge is 0.224 e. The zero-order chi connectivity index (χ0) is 18.8. The van der Waals surface area contributed by atoms with Crippen molar-refractivity contribution in [3.63, 3.8) is 0 Å². The largest absolute Gasteiger partial charge is 0.480 e. The molecule has 26 heavy (non-hydrogen) atoms. The fourth-order valence-corrected chi connectivity index (χ4v) is 4.10. The molecule has 0 bridgehead atoms. The van der Waals surface area contributed by atoms with E-state index in [1.165, 1.54) is 7.11 Å². The maximum Gasteiger partial charge on any atom is 0.224 e. The van der Waals surface area contributed by atoms with Crippen molar-refractivity contribution in [1.82, 2.24) is 4.98 Å². The Morgan fingerprint density at radius 2 is 1.77 bits per heavy atom. The minimum absolute atomic E-state index is 0.208. The monoisotopic (exact) mass is 469 g/mol. The second kappa shape index (κ2) is 7.97. The van der Waals surface area contributed by atoms with Crippen molar-refractivity contribution in [2.75, 3.05) is 7.11 Å². The van der Waals surface area contributed by atoms with Crippen LogP contribution >= 0.6 is 50.7 Å². The number of benzene rings is 2. The molecule has 3 nitrogen and oxygen atoms in total. The van der Waals surface area contributed by atoms with Crippen LogP contribution in [0, 0.1) is 0 Å².